The third-order valence-electron chi connectivity index (χ3n) is 2.85. The van der Waals surface area contributed by atoms with E-state index >= 15 is 0 Å². The average molecular weight is 255 g/mol. The van der Waals surface area contributed by atoms with E-state index in [0.717, 1.165) is 30.1 Å². The lowest BCUT2D eigenvalue weighted by molar-refractivity contribution is 0.317. The Balaban J connectivity index is 1.95. The zero-order valence-electron chi connectivity index (χ0n) is 10.9. The van der Waals surface area contributed by atoms with E-state index in [0.29, 0.717) is 0 Å². The van der Waals surface area contributed by atoms with Crippen molar-refractivity contribution in [1.29, 1.82) is 0 Å². The number of oxime groups is 1. The number of hydrogen-bond donors (Lipinski definition) is 1. The van der Waals surface area contributed by atoms with Crippen LogP contribution in [0.2, 0.25) is 0 Å². The molecular formula is C16H17NO2. The van der Waals surface area contributed by atoms with Gasteiger partial charge in [-0.1, -0.05) is 35.5 Å². The minimum Gasteiger partial charge on any atom is -0.457 e. The highest BCUT2D eigenvalue weighted by atomic mass is 16.5. The first-order valence-electron chi connectivity index (χ1n) is 6.27. The van der Waals surface area contributed by atoms with Crippen molar-refractivity contribution < 1.29 is 9.94 Å². The van der Waals surface area contributed by atoms with Gasteiger partial charge in [0.1, 0.15) is 11.5 Å². The molecule has 3 nitrogen and oxygen atoms in total. The highest BCUT2D eigenvalue weighted by Crippen LogP contribution is 2.21. The van der Waals surface area contributed by atoms with Crippen molar-refractivity contribution in [2.75, 3.05) is 0 Å². The zero-order chi connectivity index (χ0) is 13.5. The predicted molar refractivity (Wildman–Crippen MR) is 76.2 cm³/mol. The molecule has 0 heterocycles. The zero-order valence-corrected chi connectivity index (χ0v) is 10.9. The van der Waals surface area contributed by atoms with Crippen molar-refractivity contribution in [2.24, 2.45) is 5.16 Å². The van der Waals surface area contributed by atoms with Crippen LogP contribution < -0.4 is 4.74 Å². The van der Waals surface area contributed by atoms with Gasteiger partial charge in [0.05, 0.1) is 5.71 Å². The molecule has 0 radical (unpaired) electrons. The highest BCUT2D eigenvalue weighted by Gasteiger charge is 1.99. The van der Waals surface area contributed by atoms with E-state index < -0.39 is 0 Å². The first kappa shape index (κ1) is 13.1. The molecule has 0 aliphatic carbocycles. The maximum absolute atomic E-state index is 8.59. The number of ether oxygens (including phenoxy) is 1. The molecule has 0 aromatic heterocycles. The third kappa shape index (κ3) is 4.14. The summed E-state index contributed by atoms with van der Waals surface area (Å²) >= 11 is 0. The molecular weight excluding hydrogens is 238 g/mol. The monoisotopic (exact) mass is 255 g/mol. The van der Waals surface area contributed by atoms with Crippen LogP contribution in [0.25, 0.3) is 0 Å². The summed E-state index contributed by atoms with van der Waals surface area (Å²) in [5, 5.41) is 11.8. The number of rotatable bonds is 5. The van der Waals surface area contributed by atoms with Gasteiger partial charge in [-0.3, -0.25) is 0 Å². The molecule has 98 valence electrons. The van der Waals surface area contributed by atoms with Crippen LogP contribution in [0, 0.1) is 0 Å². The Morgan fingerprint density at radius 2 is 1.63 bits per heavy atom. The van der Waals surface area contributed by atoms with Crippen LogP contribution in [0.15, 0.2) is 59.8 Å². The fourth-order valence-electron chi connectivity index (χ4n) is 1.72. The van der Waals surface area contributed by atoms with Crippen molar-refractivity contribution >= 4 is 5.71 Å². The second-order valence-corrected chi connectivity index (χ2v) is 4.39. The topological polar surface area (TPSA) is 41.8 Å². The number of para-hydroxylation sites is 1. The molecule has 0 unspecified atom stereocenters. The molecule has 0 aliphatic heterocycles. The average Bonchev–Trinajstić information content (AvgIpc) is 2.47. The molecule has 0 saturated carbocycles. The maximum Gasteiger partial charge on any atom is 0.127 e. The van der Waals surface area contributed by atoms with Crippen LogP contribution >= 0.6 is 0 Å². The first-order chi connectivity index (χ1) is 9.28. The lowest BCUT2D eigenvalue weighted by Gasteiger charge is -2.06. The van der Waals surface area contributed by atoms with Crippen LogP contribution in [0.4, 0.5) is 0 Å². The number of benzene rings is 2. The van der Waals surface area contributed by atoms with Gasteiger partial charge in [0.15, 0.2) is 0 Å². The molecule has 0 aliphatic rings. The minimum absolute atomic E-state index is 0.740. The molecule has 1 N–H and O–H groups in total. The van der Waals surface area contributed by atoms with Gasteiger partial charge < -0.3 is 9.94 Å². The molecule has 0 amide bonds. The Bertz CT molecular complexity index is 532. The second-order valence-electron chi connectivity index (χ2n) is 4.39. The number of nitrogens with zero attached hydrogens (tertiary/aromatic N) is 1. The van der Waals surface area contributed by atoms with Crippen LogP contribution in [0.1, 0.15) is 18.9 Å². The van der Waals surface area contributed by atoms with Crippen LogP contribution in [-0.2, 0) is 6.42 Å². The fourth-order valence-corrected chi connectivity index (χ4v) is 1.72. The van der Waals surface area contributed by atoms with E-state index in [-0.39, 0.29) is 0 Å². The van der Waals surface area contributed by atoms with Gasteiger partial charge in [0, 0.05) is 0 Å². The summed E-state index contributed by atoms with van der Waals surface area (Å²) < 4.78 is 5.72. The van der Waals surface area contributed by atoms with Crippen molar-refractivity contribution in [1.82, 2.24) is 0 Å². The van der Waals surface area contributed by atoms with Gasteiger partial charge in [-0.15, -0.1) is 0 Å². The van der Waals surface area contributed by atoms with Gasteiger partial charge in [0.25, 0.3) is 0 Å². The maximum atomic E-state index is 8.59. The van der Waals surface area contributed by atoms with Crippen molar-refractivity contribution in [2.45, 2.75) is 19.8 Å². The summed E-state index contributed by atoms with van der Waals surface area (Å²) in [6, 6.07) is 17.7. The van der Waals surface area contributed by atoms with Gasteiger partial charge in [-0.25, -0.2) is 0 Å². The molecule has 19 heavy (non-hydrogen) atoms. The first-order valence-corrected chi connectivity index (χ1v) is 6.27. The van der Waals surface area contributed by atoms with Crippen molar-refractivity contribution in [3.05, 3.63) is 60.2 Å². The van der Waals surface area contributed by atoms with E-state index in [1.165, 1.54) is 5.56 Å². The predicted octanol–water partition coefficient (Wildman–Crippen LogP) is 4.26. The Labute approximate surface area is 113 Å². The number of hydrogen-bond acceptors (Lipinski definition) is 3. The summed E-state index contributed by atoms with van der Waals surface area (Å²) in [4.78, 5) is 0. The van der Waals surface area contributed by atoms with E-state index in [1.54, 1.807) is 0 Å². The fraction of sp³-hybridized carbons (Fsp3) is 0.188. The molecule has 2 aromatic carbocycles. The lowest BCUT2D eigenvalue weighted by Crippen LogP contribution is -1.95. The standard InChI is InChI=1S/C16H17NO2/c1-13(17-18)7-8-14-9-11-16(12-10-14)19-15-5-3-2-4-6-15/h2-6,9-12,18H,7-8H2,1H3. The SMILES string of the molecule is CC(CCc1ccc(Oc2ccccc2)cc1)=NO. The molecule has 0 bridgehead atoms. The Morgan fingerprint density at radius 1 is 1.00 bits per heavy atom. The van der Waals surface area contributed by atoms with E-state index in [1.807, 2.05) is 61.5 Å². The van der Waals surface area contributed by atoms with Crippen LogP contribution in [0.5, 0.6) is 11.5 Å². The van der Waals surface area contributed by atoms with Crippen molar-refractivity contribution in [3.8, 4) is 11.5 Å². The summed E-state index contributed by atoms with van der Waals surface area (Å²) in [5.74, 6) is 1.65. The highest BCUT2D eigenvalue weighted by molar-refractivity contribution is 5.81. The molecule has 3 heteroatoms. The quantitative estimate of drug-likeness (QED) is 0.492. The van der Waals surface area contributed by atoms with Gasteiger partial charge in [-0.2, -0.15) is 0 Å². The van der Waals surface area contributed by atoms with E-state index in [4.69, 9.17) is 9.94 Å². The summed E-state index contributed by atoms with van der Waals surface area (Å²) in [6.07, 6.45) is 1.62. The largest absolute Gasteiger partial charge is 0.457 e. The molecule has 0 spiro atoms. The molecule has 2 aromatic rings. The number of aryl methyl sites for hydroxylation is 1. The van der Waals surface area contributed by atoms with Crippen LogP contribution in [-0.4, -0.2) is 10.9 Å². The van der Waals surface area contributed by atoms with Gasteiger partial charge in [0.2, 0.25) is 0 Å². The summed E-state index contributed by atoms with van der Waals surface area (Å²) in [5.41, 5.74) is 1.94. The van der Waals surface area contributed by atoms with Gasteiger partial charge in [-0.05, 0) is 49.6 Å². The smallest absolute Gasteiger partial charge is 0.127 e. The summed E-state index contributed by atoms with van der Waals surface area (Å²) in [7, 11) is 0. The Hall–Kier alpha value is -2.29. The second kappa shape index (κ2) is 6.59. The van der Waals surface area contributed by atoms with E-state index in [9.17, 15) is 0 Å². The Kier molecular flexibility index (Phi) is 4.56. The minimum atomic E-state index is 0.740. The van der Waals surface area contributed by atoms with Gasteiger partial charge >= 0.3 is 0 Å². The molecule has 2 rings (SSSR count). The molecule has 0 fully saturated rings. The summed E-state index contributed by atoms with van der Waals surface area (Å²) in [6.45, 7) is 1.81. The van der Waals surface area contributed by atoms with Crippen LogP contribution in [0.3, 0.4) is 0 Å². The Morgan fingerprint density at radius 3 is 2.26 bits per heavy atom. The van der Waals surface area contributed by atoms with E-state index in [2.05, 4.69) is 5.16 Å². The molecule has 0 atom stereocenters. The molecule has 0 saturated heterocycles. The lowest BCUT2D eigenvalue weighted by atomic mass is 10.1. The normalized spacial score (nSPS) is 11.3. The third-order valence-corrected chi connectivity index (χ3v) is 2.85. The van der Waals surface area contributed by atoms with Crippen molar-refractivity contribution in [3.63, 3.8) is 0 Å².